The molecule has 0 aliphatic carbocycles. The van der Waals surface area contributed by atoms with Crippen LogP contribution in [0.15, 0.2) is 36.8 Å². The van der Waals surface area contributed by atoms with Gasteiger partial charge in [0, 0.05) is 12.8 Å². The molecule has 0 fully saturated rings. The first-order chi connectivity index (χ1) is 8.54. The Kier molecular flexibility index (Phi) is 7.76. The first-order valence-electron chi connectivity index (χ1n) is 5.18. The average molecular weight is 256 g/mol. The van der Waals surface area contributed by atoms with Gasteiger partial charge < -0.3 is 19.7 Å². The Bertz CT molecular complexity index is 322. The largest absolute Gasteiger partial charge is 0.501 e. The maximum Gasteiger partial charge on any atom is 0.332 e. The second-order valence-corrected chi connectivity index (χ2v) is 3.14. The van der Waals surface area contributed by atoms with Gasteiger partial charge in [0.1, 0.15) is 0 Å². The van der Waals surface area contributed by atoms with Crippen LogP contribution < -0.4 is 0 Å². The zero-order valence-corrected chi connectivity index (χ0v) is 9.92. The number of carboxylic acids is 2. The van der Waals surface area contributed by atoms with Crippen molar-refractivity contribution in [2.45, 2.75) is 12.8 Å². The van der Waals surface area contributed by atoms with Crippen LogP contribution in [-0.2, 0) is 19.1 Å². The fourth-order valence-corrected chi connectivity index (χ4v) is 1.26. The molecule has 0 aromatic carbocycles. The molecule has 0 unspecified atom stereocenters. The third-order valence-corrected chi connectivity index (χ3v) is 2.06. The van der Waals surface area contributed by atoms with Crippen LogP contribution >= 0.6 is 0 Å². The van der Waals surface area contributed by atoms with Gasteiger partial charge >= 0.3 is 11.9 Å². The van der Waals surface area contributed by atoms with Gasteiger partial charge in [0.05, 0.1) is 36.9 Å². The van der Waals surface area contributed by atoms with E-state index in [0.29, 0.717) is 0 Å². The van der Waals surface area contributed by atoms with Crippen LogP contribution in [0.3, 0.4) is 0 Å². The summed E-state index contributed by atoms with van der Waals surface area (Å²) in [5.41, 5.74) is -0.394. The summed E-state index contributed by atoms with van der Waals surface area (Å²) < 4.78 is 9.59. The quantitative estimate of drug-likeness (QED) is 0.350. The van der Waals surface area contributed by atoms with Gasteiger partial charge in [-0.25, -0.2) is 9.59 Å². The molecule has 6 nitrogen and oxygen atoms in total. The highest BCUT2D eigenvalue weighted by molar-refractivity contribution is 5.98. The molecule has 0 bridgehead atoms. The summed E-state index contributed by atoms with van der Waals surface area (Å²) in [5.74, 6) is -2.56. The Hall–Kier alpha value is -2.24. The molecule has 0 atom stereocenters. The molecule has 0 saturated heterocycles. The Morgan fingerprint density at radius 1 is 0.889 bits per heavy atom. The number of aliphatic carboxylic acids is 2. The van der Waals surface area contributed by atoms with Gasteiger partial charge in [-0.3, -0.25) is 0 Å². The average Bonchev–Trinajstić information content (AvgIpc) is 2.31. The van der Waals surface area contributed by atoms with Crippen molar-refractivity contribution in [2.24, 2.45) is 0 Å². The van der Waals surface area contributed by atoms with Crippen molar-refractivity contribution in [3.8, 4) is 0 Å². The SMILES string of the molecule is C=COCCC(C(=O)O)=C(CCOC=C)C(=O)O. The Labute approximate surface area is 105 Å². The van der Waals surface area contributed by atoms with Crippen molar-refractivity contribution in [1.82, 2.24) is 0 Å². The highest BCUT2D eigenvalue weighted by atomic mass is 16.5. The number of hydrogen-bond acceptors (Lipinski definition) is 4. The van der Waals surface area contributed by atoms with Crippen molar-refractivity contribution >= 4 is 11.9 Å². The van der Waals surface area contributed by atoms with Gasteiger partial charge in [0.15, 0.2) is 0 Å². The van der Waals surface area contributed by atoms with E-state index in [1.165, 1.54) is 12.5 Å². The predicted octanol–water partition coefficient (Wildman–Crippen LogP) is 1.55. The monoisotopic (exact) mass is 256 g/mol. The normalized spacial score (nSPS) is 11.1. The van der Waals surface area contributed by atoms with Crippen molar-refractivity contribution in [2.75, 3.05) is 13.2 Å². The minimum absolute atomic E-state index is 0.0168. The van der Waals surface area contributed by atoms with Gasteiger partial charge in [-0.2, -0.15) is 0 Å². The molecule has 2 N–H and O–H groups in total. The molecule has 0 aromatic rings. The second kappa shape index (κ2) is 8.86. The minimum Gasteiger partial charge on any atom is -0.501 e. The Morgan fingerprint density at radius 2 is 1.22 bits per heavy atom. The van der Waals surface area contributed by atoms with Crippen LogP contribution in [0, 0.1) is 0 Å². The number of hydrogen-bond donors (Lipinski definition) is 2. The van der Waals surface area contributed by atoms with E-state index in [1.54, 1.807) is 0 Å². The second-order valence-electron chi connectivity index (χ2n) is 3.14. The number of carbonyl (C=O) groups is 2. The molecule has 0 aliphatic heterocycles. The van der Waals surface area contributed by atoms with Crippen molar-refractivity contribution in [1.29, 1.82) is 0 Å². The molecule has 0 spiro atoms. The lowest BCUT2D eigenvalue weighted by molar-refractivity contribution is -0.136. The third-order valence-electron chi connectivity index (χ3n) is 2.06. The molecule has 0 heterocycles. The molecule has 0 aliphatic rings. The smallest absolute Gasteiger partial charge is 0.332 e. The summed E-state index contributed by atoms with van der Waals surface area (Å²) in [6.07, 6.45) is 2.30. The van der Waals surface area contributed by atoms with Gasteiger partial charge in [-0.1, -0.05) is 13.2 Å². The van der Waals surface area contributed by atoms with Crippen LogP contribution in [0.25, 0.3) is 0 Å². The molecule has 6 heteroatoms. The number of carboxylic acid groups (broad SMARTS) is 2. The van der Waals surface area contributed by atoms with E-state index in [-0.39, 0.29) is 37.2 Å². The first-order valence-corrected chi connectivity index (χ1v) is 5.18. The lowest BCUT2D eigenvalue weighted by Crippen LogP contribution is -2.14. The molecule has 0 rings (SSSR count). The summed E-state index contributed by atoms with van der Waals surface area (Å²) in [7, 11) is 0. The Balaban J connectivity index is 4.91. The van der Waals surface area contributed by atoms with Gasteiger partial charge in [0.2, 0.25) is 0 Å². The van der Waals surface area contributed by atoms with Gasteiger partial charge in [-0.05, 0) is 0 Å². The zero-order valence-electron chi connectivity index (χ0n) is 9.92. The van der Waals surface area contributed by atoms with Gasteiger partial charge in [-0.15, -0.1) is 0 Å². The summed E-state index contributed by atoms with van der Waals surface area (Å²) in [4.78, 5) is 22.0. The summed E-state index contributed by atoms with van der Waals surface area (Å²) >= 11 is 0. The van der Waals surface area contributed by atoms with Crippen LogP contribution in [0.4, 0.5) is 0 Å². The van der Waals surface area contributed by atoms with E-state index in [2.05, 4.69) is 13.2 Å². The van der Waals surface area contributed by atoms with Crippen LogP contribution in [0.2, 0.25) is 0 Å². The maximum atomic E-state index is 11.0. The van der Waals surface area contributed by atoms with E-state index in [9.17, 15) is 9.59 Å². The van der Waals surface area contributed by atoms with E-state index in [1.807, 2.05) is 0 Å². The standard InChI is InChI=1S/C12H16O6/c1-3-17-7-5-9(11(13)14)10(12(15)16)6-8-18-4-2/h3-4H,1-2,5-8H2,(H,13,14)(H,15,16). The Morgan fingerprint density at radius 3 is 1.44 bits per heavy atom. The van der Waals surface area contributed by atoms with E-state index in [4.69, 9.17) is 19.7 Å². The summed E-state index contributed by atoms with van der Waals surface area (Å²) in [6.45, 7) is 6.74. The fourth-order valence-electron chi connectivity index (χ4n) is 1.26. The van der Waals surface area contributed by atoms with Crippen LogP contribution in [0.1, 0.15) is 12.8 Å². The molecule has 100 valence electrons. The van der Waals surface area contributed by atoms with Crippen molar-refractivity contribution in [3.63, 3.8) is 0 Å². The number of ether oxygens (including phenoxy) is 2. The van der Waals surface area contributed by atoms with E-state index in [0.717, 1.165) is 0 Å². The molecule has 0 aromatic heterocycles. The topological polar surface area (TPSA) is 93.1 Å². The van der Waals surface area contributed by atoms with Gasteiger partial charge in [0.25, 0.3) is 0 Å². The molecule has 0 amide bonds. The van der Waals surface area contributed by atoms with Crippen molar-refractivity contribution in [3.05, 3.63) is 36.8 Å². The summed E-state index contributed by atoms with van der Waals surface area (Å²) in [6, 6.07) is 0. The molecule has 18 heavy (non-hydrogen) atoms. The van der Waals surface area contributed by atoms with Crippen LogP contribution in [0.5, 0.6) is 0 Å². The fraction of sp³-hybridized carbons (Fsp3) is 0.333. The third kappa shape index (κ3) is 5.74. The van der Waals surface area contributed by atoms with E-state index >= 15 is 0 Å². The first kappa shape index (κ1) is 15.8. The van der Waals surface area contributed by atoms with Crippen LogP contribution in [-0.4, -0.2) is 35.4 Å². The minimum atomic E-state index is -1.28. The molecule has 0 saturated carbocycles. The molecular formula is C12H16O6. The number of rotatable bonds is 10. The highest BCUT2D eigenvalue weighted by Gasteiger charge is 2.19. The predicted molar refractivity (Wildman–Crippen MR) is 63.8 cm³/mol. The van der Waals surface area contributed by atoms with E-state index < -0.39 is 11.9 Å². The zero-order chi connectivity index (χ0) is 14.0. The molecule has 0 radical (unpaired) electrons. The summed E-state index contributed by atoms with van der Waals surface area (Å²) in [5, 5.41) is 18.0. The van der Waals surface area contributed by atoms with Crippen molar-refractivity contribution < 1.29 is 29.3 Å². The lowest BCUT2D eigenvalue weighted by atomic mass is 10.0. The highest BCUT2D eigenvalue weighted by Crippen LogP contribution is 2.14. The molecular weight excluding hydrogens is 240 g/mol. The lowest BCUT2D eigenvalue weighted by Gasteiger charge is -2.09. The maximum absolute atomic E-state index is 11.0.